The zero-order valence-electron chi connectivity index (χ0n) is 13.5. The number of hydrogen-bond acceptors (Lipinski definition) is 4. The maximum absolute atomic E-state index is 12.1. The quantitative estimate of drug-likeness (QED) is 0.612. The van der Waals surface area contributed by atoms with Gasteiger partial charge in [0.2, 0.25) is 10.0 Å². The van der Waals surface area contributed by atoms with Crippen molar-refractivity contribution in [2.24, 2.45) is 5.14 Å². The fraction of sp³-hybridized carbons (Fsp3) is 0. The highest BCUT2D eigenvalue weighted by Gasteiger charge is 2.15. The molecule has 0 saturated carbocycles. The van der Waals surface area contributed by atoms with Crippen LogP contribution in [-0.4, -0.2) is 20.2 Å². The SMILES string of the molecule is NS(=O)(=O)c1ccc(NC(=O)C(=O)Nc2cccc3ccccc23)cc1. The number of sulfonamides is 1. The standard InChI is InChI=1S/C18H15N3O4S/c19-26(24,25)14-10-8-13(9-11-14)20-17(22)18(23)21-16-7-3-5-12-4-1-2-6-15(12)16/h1-11H,(H,20,22)(H,21,23)(H2,19,24,25). The first kappa shape index (κ1) is 17.6. The number of nitrogens with one attached hydrogen (secondary N) is 2. The van der Waals surface area contributed by atoms with E-state index in [-0.39, 0.29) is 10.6 Å². The van der Waals surface area contributed by atoms with E-state index in [0.29, 0.717) is 5.69 Å². The highest BCUT2D eigenvalue weighted by Crippen LogP contribution is 2.23. The highest BCUT2D eigenvalue weighted by molar-refractivity contribution is 7.89. The van der Waals surface area contributed by atoms with Crippen LogP contribution in [0.2, 0.25) is 0 Å². The zero-order valence-corrected chi connectivity index (χ0v) is 14.3. The van der Waals surface area contributed by atoms with Crippen LogP contribution in [0.15, 0.2) is 71.6 Å². The van der Waals surface area contributed by atoms with Crippen molar-refractivity contribution in [3.63, 3.8) is 0 Å². The topological polar surface area (TPSA) is 118 Å². The van der Waals surface area contributed by atoms with Gasteiger partial charge < -0.3 is 10.6 Å². The summed E-state index contributed by atoms with van der Waals surface area (Å²) < 4.78 is 22.4. The van der Waals surface area contributed by atoms with E-state index in [0.717, 1.165) is 10.8 Å². The van der Waals surface area contributed by atoms with Crippen molar-refractivity contribution in [2.45, 2.75) is 4.90 Å². The molecular formula is C18H15N3O4S. The number of rotatable bonds is 3. The van der Waals surface area contributed by atoms with Crippen LogP contribution in [-0.2, 0) is 19.6 Å². The second-order valence-electron chi connectivity index (χ2n) is 5.50. The van der Waals surface area contributed by atoms with Crippen molar-refractivity contribution in [1.29, 1.82) is 0 Å². The van der Waals surface area contributed by atoms with Crippen LogP contribution in [0.5, 0.6) is 0 Å². The number of benzene rings is 3. The molecule has 26 heavy (non-hydrogen) atoms. The van der Waals surface area contributed by atoms with Gasteiger partial charge in [-0.15, -0.1) is 0 Å². The highest BCUT2D eigenvalue weighted by atomic mass is 32.2. The Morgan fingerprint density at radius 3 is 2.08 bits per heavy atom. The minimum atomic E-state index is -3.82. The Morgan fingerprint density at radius 1 is 0.769 bits per heavy atom. The minimum Gasteiger partial charge on any atom is -0.318 e. The lowest BCUT2D eigenvalue weighted by atomic mass is 10.1. The Bertz CT molecular complexity index is 1090. The van der Waals surface area contributed by atoms with E-state index in [1.165, 1.54) is 24.3 Å². The number of hydrogen-bond donors (Lipinski definition) is 3. The van der Waals surface area contributed by atoms with Gasteiger partial charge in [-0.05, 0) is 35.7 Å². The lowest BCUT2D eigenvalue weighted by molar-refractivity contribution is -0.132. The molecule has 0 atom stereocenters. The van der Waals surface area contributed by atoms with Crippen LogP contribution in [0.1, 0.15) is 0 Å². The van der Waals surface area contributed by atoms with Crippen molar-refractivity contribution in [2.75, 3.05) is 10.6 Å². The first-order chi connectivity index (χ1) is 12.3. The number of carbonyl (C=O) groups is 2. The Hall–Kier alpha value is -3.23. The van der Waals surface area contributed by atoms with Crippen LogP contribution < -0.4 is 15.8 Å². The molecule has 0 heterocycles. The molecule has 3 aromatic carbocycles. The van der Waals surface area contributed by atoms with Crippen molar-refractivity contribution in [3.8, 4) is 0 Å². The Labute approximate surface area is 149 Å². The second-order valence-corrected chi connectivity index (χ2v) is 7.07. The summed E-state index contributed by atoms with van der Waals surface area (Å²) in [6.45, 7) is 0. The van der Waals surface area contributed by atoms with Gasteiger partial charge in [0.15, 0.2) is 0 Å². The summed E-state index contributed by atoms with van der Waals surface area (Å²) in [7, 11) is -3.82. The molecule has 2 amide bonds. The number of fused-ring (bicyclic) bond motifs is 1. The van der Waals surface area contributed by atoms with Crippen LogP contribution in [0, 0.1) is 0 Å². The third-order valence-corrected chi connectivity index (χ3v) is 4.61. The first-order valence-electron chi connectivity index (χ1n) is 7.57. The van der Waals surface area contributed by atoms with Gasteiger partial charge in [-0.25, -0.2) is 13.6 Å². The molecule has 3 rings (SSSR count). The van der Waals surface area contributed by atoms with Crippen molar-refractivity contribution < 1.29 is 18.0 Å². The van der Waals surface area contributed by atoms with Gasteiger partial charge in [-0.2, -0.15) is 0 Å². The number of amides is 2. The lowest BCUT2D eigenvalue weighted by Crippen LogP contribution is -2.29. The number of carbonyl (C=O) groups excluding carboxylic acids is 2. The van der Waals surface area contributed by atoms with E-state index < -0.39 is 21.8 Å². The summed E-state index contributed by atoms with van der Waals surface area (Å²) in [4.78, 5) is 24.1. The average Bonchev–Trinajstić information content (AvgIpc) is 2.61. The molecule has 0 aromatic heterocycles. The van der Waals surface area contributed by atoms with Crippen LogP contribution in [0.25, 0.3) is 10.8 Å². The van der Waals surface area contributed by atoms with E-state index in [1.807, 2.05) is 30.3 Å². The zero-order chi connectivity index (χ0) is 18.7. The molecule has 0 fully saturated rings. The molecule has 0 bridgehead atoms. The van der Waals surface area contributed by atoms with Gasteiger partial charge in [0.25, 0.3) is 0 Å². The number of primary sulfonamides is 1. The summed E-state index contributed by atoms with van der Waals surface area (Å²) in [5.74, 6) is -1.71. The molecule has 0 aliphatic heterocycles. The summed E-state index contributed by atoms with van der Waals surface area (Å²) in [5, 5.41) is 11.7. The Morgan fingerprint density at radius 2 is 1.38 bits per heavy atom. The largest absolute Gasteiger partial charge is 0.318 e. The summed E-state index contributed by atoms with van der Waals surface area (Å²) >= 11 is 0. The third kappa shape index (κ3) is 3.88. The van der Waals surface area contributed by atoms with E-state index >= 15 is 0 Å². The summed E-state index contributed by atoms with van der Waals surface area (Å²) in [6.07, 6.45) is 0. The number of anilines is 2. The minimum absolute atomic E-state index is 0.0873. The molecule has 7 nitrogen and oxygen atoms in total. The van der Waals surface area contributed by atoms with Crippen molar-refractivity contribution >= 4 is 44.0 Å². The molecule has 4 N–H and O–H groups in total. The Balaban J connectivity index is 1.73. The molecule has 0 saturated heterocycles. The molecule has 0 aliphatic rings. The predicted octanol–water partition coefficient (Wildman–Crippen LogP) is 2.06. The molecule has 8 heteroatoms. The first-order valence-corrected chi connectivity index (χ1v) is 9.12. The van der Waals surface area contributed by atoms with Gasteiger partial charge in [0.05, 0.1) is 4.90 Å². The molecule has 132 valence electrons. The summed E-state index contributed by atoms with van der Waals surface area (Å²) in [5.41, 5.74) is 0.795. The van der Waals surface area contributed by atoms with Gasteiger partial charge >= 0.3 is 11.8 Å². The van der Waals surface area contributed by atoms with Gasteiger partial charge in [0, 0.05) is 16.8 Å². The average molecular weight is 369 g/mol. The fourth-order valence-electron chi connectivity index (χ4n) is 2.43. The third-order valence-electron chi connectivity index (χ3n) is 3.68. The smallest absolute Gasteiger partial charge is 0.314 e. The molecule has 3 aromatic rings. The lowest BCUT2D eigenvalue weighted by Gasteiger charge is -2.09. The second kappa shape index (κ2) is 6.95. The Kier molecular flexibility index (Phi) is 4.70. The van der Waals surface area contributed by atoms with Gasteiger partial charge in [-0.1, -0.05) is 36.4 Å². The molecule has 0 spiro atoms. The number of nitrogens with two attached hydrogens (primary N) is 1. The maximum Gasteiger partial charge on any atom is 0.314 e. The van der Waals surface area contributed by atoms with Crippen LogP contribution >= 0.6 is 0 Å². The maximum atomic E-state index is 12.1. The normalized spacial score (nSPS) is 11.1. The van der Waals surface area contributed by atoms with Crippen LogP contribution in [0.3, 0.4) is 0 Å². The van der Waals surface area contributed by atoms with E-state index in [4.69, 9.17) is 5.14 Å². The monoisotopic (exact) mass is 369 g/mol. The molecule has 0 unspecified atom stereocenters. The van der Waals surface area contributed by atoms with Crippen molar-refractivity contribution in [3.05, 3.63) is 66.7 Å². The van der Waals surface area contributed by atoms with Gasteiger partial charge in [-0.3, -0.25) is 9.59 Å². The molecule has 0 radical (unpaired) electrons. The van der Waals surface area contributed by atoms with Crippen molar-refractivity contribution in [1.82, 2.24) is 0 Å². The van der Waals surface area contributed by atoms with E-state index in [2.05, 4.69) is 10.6 Å². The van der Waals surface area contributed by atoms with Crippen LogP contribution in [0.4, 0.5) is 11.4 Å². The molecular weight excluding hydrogens is 354 g/mol. The molecule has 0 aliphatic carbocycles. The van der Waals surface area contributed by atoms with E-state index in [1.54, 1.807) is 12.1 Å². The summed E-state index contributed by atoms with van der Waals surface area (Å²) in [6, 6.07) is 18.0. The predicted molar refractivity (Wildman–Crippen MR) is 99.0 cm³/mol. The van der Waals surface area contributed by atoms with Gasteiger partial charge in [0.1, 0.15) is 0 Å². The van der Waals surface area contributed by atoms with E-state index in [9.17, 15) is 18.0 Å². The fourth-order valence-corrected chi connectivity index (χ4v) is 2.94.